The van der Waals surface area contributed by atoms with Crippen LogP contribution in [0, 0.1) is 0 Å². The van der Waals surface area contributed by atoms with E-state index in [1.54, 1.807) is 24.3 Å². The van der Waals surface area contributed by atoms with E-state index in [4.69, 9.17) is 5.11 Å². The van der Waals surface area contributed by atoms with Gasteiger partial charge in [-0.1, -0.05) is 24.3 Å². The zero-order chi connectivity index (χ0) is 16.1. The highest BCUT2D eigenvalue weighted by Gasteiger charge is 2.17. The second-order valence-corrected chi connectivity index (χ2v) is 8.71. The van der Waals surface area contributed by atoms with E-state index in [0.29, 0.717) is 11.1 Å². The lowest BCUT2D eigenvalue weighted by atomic mass is 10.1. The first-order valence-electron chi connectivity index (χ1n) is 5.72. The van der Waals surface area contributed by atoms with Crippen molar-refractivity contribution in [3.8, 4) is 0 Å². The average Bonchev–Trinajstić information content (AvgIpc) is 2.32. The van der Waals surface area contributed by atoms with Gasteiger partial charge in [0, 0.05) is 18.9 Å². The van der Waals surface area contributed by atoms with E-state index < -0.39 is 30.9 Å². The van der Waals surface area contributed by atoms with Crippen molar-refractivity contribution in [2.24, 2.45) is 0 Å². The fourth-order valence-corrected chi connectivity index (χ4v) is 4.47. The van der Waals surface area contributed by atoms with Crippen LogP contribution in [0.25, 0.3) is 6.08 Å². The number of sulfonamides is 1. The lowest BCUT2D eigenvalue weighted by Crippen LogP contribution is -2.29. The summed E-state index contributed by atoms with van der Waals surface area (Å²) in [5.74, 6) is -1.09. The number of carboxylic acids is 1. The van der Waals surface area contributed by atoms with Crippen LogP contribution in [0.5, 0.6) is 0 Å². The quantitative estimate of drug-likeness (QED) is 0.689. The Morgan fingerprint density at radius 2 is 1.95 bits per heavy atom. The number of benzene rings is 1. The van der Waals surface area contributed by atoms with E-state index in [0.717, 1.165) is 12.3 Å². The van der Waals surface area contributed by atoms with Gasteiger partial charge in [0.05, 0.1) is 0 Å². The third-order valence-electron chi connectivity index (χ3n) is 2.23. The number of rotatable bonds is 7. The summed E-state index contributed by atoms with van der Waals surface area (Å²) < 4.78 is 47.2. The van der Waals surface area contributed by atoms with Gasteiger partial charge in [-0.15, -0.1) is 0 Å². The molecule has 1 rings (SSSR count). The van der Waals surface area contributed by atoms with Gasteiger partial charge in [0.2, 0.25) is 10.0 Å². The van der Waals surface area contributed by atoms with Gasteiger partial charge in [-0.25, -0.2) is 26.4 Å². The maximum Gasteiger partial charge on any atom is 0.328 e. The maximum absolute atomic E-state index is 11.5. The molecular formula is C12H15NO6S2. The average molecular weight is 333 g/mol. The number of aliphatic carboxylic acids is 1. The van der Waals surface area contributed by atoms with Crippen molar-refractivity contribution >= 4 is 31.9 Å². The molecule has 0 fully saturated rings. The number of carboxylic acid groups (broad SMARTS) is 1. The normalized spacial score (nSPS) is 12.6. The molecule has 9 heteroatoms. The summed E-state index contributed by atoms with van der Waals surface area (Å²) in [7, 11) is -7.57. The minimum atomic E-state index is -3.93. The zero-order valence-electron chi connectivity index (χ0n) is 11.2. The summed E-state index contributed by atoms with van der Waals surface area (Å²) in [4.78, 5) is 10.4. The fraction of sp³-hybridized carbons (Fsp3) is 0.250. The third-order valence-corrected chi connectivity index (χ3v) is 5.77. The Labute approximate surface area is 123 Å². The molecule has 0 aliphatic carbocycles. The number of hydrogen-bond donors (Lipinski definition) is 2. The maximum atomic E-state index is 11.5. The van der Waals surface area contributed by atoms with Crippen LogP contribution in [-0.2, 0) is 31.2 Å². The van der Waals surface area contributed by atoms with Crippen LogP contribution in [0.3, 0.4) is 0 Å². The van der Waals surface area contributed by atoms with Crippen LogP contribution in [0.15, 0.2) is 30.3 Å². The Balaban J connectivity index is 2.76. The molecule has 1 aromatic carbocycles. The molecule has 0 aliphatic heterocycles. The zero-order valence-corrected chi connectivity index (χ0v) is 12.8. The topological polar surface area (TPSA) is 118 Å². The summed E-state index contributed by atoms with van der Waals surface area (Å²) in [6.07, 6.45) is 3.17. The van der Waals surface area contributed by atoms with Gasteiger partial charge in [-0.2, -0.15) is 0 Å². The van der Waals surface area contributed by atoms with Crippen LogP contribution in [0.1, 0.15) is 11.1 Å². The van der Waals surface area contributed by atoms with Crippen molar-refractivity contribution in [2.45, 2.75) is 6.54 Å². The van der Waals surface area contributed by atoms with Crippen LogP contribution in [0.4, 0.5) is 0 Å². The molecule has 0 amide bonds. The Morgan fingerprint density at radius 3 is 2.52 bits per heavy atom. The van der Waals surface area contributed by atoms with Crippen molar-refractivity contribution in [1.82, 2.24) is 4.72 Å². The molecule has 0 radical (unpaired) electrons. The van der Waals surface area contributed by atoms with Crippen LogP contribution in [0.2, 0.25) is 0 Å². The first-order valence-corrected chi connectivity index (χ1v) is 9.44. The number of nitrogens with one attached hydrogen (secondary N) is 1. The van der Waals surface area contributed by atoms with Crippen molar-refractivity contribution < 1.29 is 26.7 Å². The van der Waals surface area contributed by atoms with Crippen molar-refractivity contribution in [2.75, 3.05) is 11.3 Å². The Morgan fingerprint density at radius 1 is 1.29 bits per heavy atom. The highest BCUT2D eigenvalue weighted by molar-refractivity contribution is 8.06. The molecule has 0 atom stereocenters. The molecule has 0 spiro atoms. The van der Waals surface area contributed by atoms with E-state index in [1.165, 1.54) is 6.08 Å². The SMILES string of the molecule is CS(=O)(=O)CS(=O)(=O)NCc1cccc(/C=C/C(=O)O)c1. The highest BCUT2D eigenvalue weighted by Crippen LogP contribution is 2.08. The lowest BCUT2D eigenvalue weighted by molar-refractivity contribution is -0.131. The fourth-order valence-electron chi connectivity index (χ4n) is 1.49. The molecule has 0 bridgehead atoms. The smallest absolute Gasteiger partial charge is 0.328 e. The minimum Gasteiger partial charge on any atom is -0.478 e. The van der Waals surface area contributed by atoms with E-state index in [2.05, 4.69) is 4.72 Å². The van der Waals surface area contributed by atoms with Gasteiger partial charge in [-0.05, 0) is 17.2 Å². The van der Waals surface area contributed by atoms with E-state index in [-0.39, 0.29) is 6.54 Å². The van der Waals surface area contributed by atoms with E-state index in [1.807, 2.05) is 0 Å². The summed E-state index contributed by atoms with van der Waals surface area (Å²) in [5, 5.41) is 7.55. The Kier molecular flexibility index (Phi) is 5.64. The standard InChI is InChI=1S/C12H15NO6S2/c1-20(16,17)9-21(18,19)13-8-11-4-2-3-10(7-11)5-6-12(14)15/h2-7,13H,8-9H2,1H3,(H,14,15)/b6-5+. The van der Waals surface area contributed by atoms with Gasteiger partial charge >= 0.3 is 5.97 Å². The molecule has 1 aromatic rings. The third kappa shape index (κ3) is 7.59. The van der Waals surface area contributed by atoms with Gasteiger partial charge in [-0.3, -0.25) is 0 Å². The van der Waals surface area contributed by atoms with Gasteiger partial charge in [0.15, 0.2) is 14.9 Å². The first-order chi connectivity index (χ1) is 9.57. The first kappa shape index (κ1) is 17.3. The minimum absolute atomic E-state index is 0.0768. The molecule has 0 aromatic heterocycles. The van der Waals surface area contributed by atoms with Crippen LogP contribution in [-0.4, -0.2) is 39.3 Å². The van der Waals surface area contributed by atoms with Crippen LogP contribution >= 0.6 is 0 Å². The highest BCUT2D eigenvalue weighted by atomic mass is 32.3. The molecule has 0 aliphatic rings. The second-order valence-electron chi connectivity index (χ2n) is 4.40. The van der Waals surface area contributed by atoms with Crippen LogP contribution < -0.4 is 4.72 Å². The molecule has 116 valence electrons. The summed E-state index contributed by atoms with van der Waals surface area (Å²) >= 11 is 0. The van der Waals surface area contributed by atoms with Crippen molar-refractivity contribution in [3.63, 3.8) is 0 Å². The monoisotopic (exact) mass is 333 g/mol. The molecule has 2 N–H and O–H groups in total. The molecule has 21 heavy (non-hydrogen) atoms. The molecule has 0 heterocycles. The predicted octanol–water partition coefficient (Wildman–Crippen LogP) is 0.206. The summed E-state index contributed by atoms with van der Waals surface area (Å²) in [5.41, 5.74) is 1.18. The second kappa shape index (κ2) is 6.83. The van der Waals surface area contributed by atoms with Gasteiger partial charge in [0.1, 0.15) is 0 Å². The number of sulfone groups is 1. The van der Waals surface area contributed by atoms with E-state index in [9.17, 15) is 21.6 Å². The van der Waals surface area contributed by atoms with Gasteiger partial charge in [0.25, 0.3) is 0 Å². The molecule has 0 saturated heterocycles. The van der Waals surface area contributed by atoms with E-state index >= 15 is 0 Å². The molecule has 7 nitrogen and oxygen atoms in total. The molecule has 0 unspecified atom stereocenters. The molecule has 0 saturated carbocycles. The summed E-state index contributed by atoms with van der Waals surface area (Å²) in [6, 6.07) is 6.54. The number of hydrogen-bond acceptors (Lipinski definition) is 5. The largest absolute Gasteiger partial charge is 0.478 e. The lowest BCUT2D eigenvalue weighted by Gasteiger charge is -2.06. The van der Waals surface area contributed by atoms with Crippen molar-refractivity contribution in [3.05, 3.63) is 41.5 Å². The Hall–Kier alpha value is -1.71. The Bertz CT molecular complexity index is 750. The molecular weight excluding hydrogens is 318 g/mol. The number of carbonyl (C=O) groups is 1. The van der Waals surface area contributed by atoms with Crippen molar-refractivity contribution in [1.29, 1.82) is 0 Å². The van der Waals surface area contributed by atoms with Gasteiger partial charge < -0.3 is 5.11 Å². The predicted molar refractivity (Wildman–Crippen MR) is 78.6 cm³/mol. The summed E-state index contributed by atoms with van der Waals surface area (Å²) in [6.45, 7) is -0.0768.